The fraction of sp³-hybridized carbons (Fsp3) is 0.611. The van der Waals surface area contributed by atoms with Crippen molar-refractivity contribution in [1.82, 2.24) is 15.1 Å². The van der Waals surface area contributed by atoms with E-state index in [1.807, 2.05) is 6.07 Å². The largest absolute Gasteiger partial charge is 0.388 e. The number of nitrogens with zero attached hydrogens (tertiary/aromatic N) is 2. The second-order valence-electron chi connectivity index (χ2n) is 7.15. The van der Waals surface area contributed by atoms with Crippen molar-refractivity contribution >= 4 is 6.03 Å². The van der Waals surface area contributed by atoms with Crippen molar-refractivity contribution in [3.63, 3.8) is 0 Å². The molecule has 0 aliphatic carbocycles. The Bertz CT molecular complexity index is 524. The lowest BCUT2D eigenvalue weighted by Crippen LogP contribution is -2.49. The summed E-state index contributed by atoms with van der Waals surface area (Å²) < 4.78 is 0. The van der Waals surface area contributed by atoms with Crippen LogP contribution in [0.3, 0.4) is 0 Å². The molecule has 2 fully saturated rings. The van der Waals surface area contributed by atoms with Crippen LogP contribution in [0.5, 0.6) is 0 Å². The first-order valence-corrected chi connectivity index (χ1v) is 8.56. The van der Waals surface area contributed by atoms with Crippen molar-refractivity contribution in [3.05, 3.63) is 35.9 Å². The lowest BCUT2D eigenvalue weighted by atomic mass is 10.0. The molecule has 5 nitrogen and oxygen atoms in total. The molecule has 5 heteroatoms. The van der Waals surface area contributed by atoms with Gasteiger partial charge in [-0.1, -0.05) is 30.3 Å². The number of piperidine rings is 1. The van der Waals surface area contributed by atoms with Crippen LogP contribution in [0.2, 0.25) is 0 Å². The Morgan fingerprint density at radius 2 is 1.96 bits per heavy atom. The minimum absolute atomic E-state index is 0.0238. The Morgan fingerprint density at radius 1 is 1.26 bits per heavy atom. The quantitative estimate of drug-likeness (QED) is 0.894. The van der Waals surface area contributed by atoms with Crippen molar-refractivity contribution in [2.45, 2.75) is 44.4 Å². The molecule has 0 radical (unpaired) electrons. The summed E-state index contributed by atoms with van der Waals surface area (Å²) in [4.78, 5) is 16.4. The Balaban J connectivity index is 1.42. The van der Waals surface area contributed by atoms with E-state index in [-0.39, 0.29) is 12.1 Å². The molecule has 2 heterocycles. The Kier molecular flexibility index (Phi) is 4.87. The summed E-state index contributed by atoms with van der Waals surface area (Å²) in [5.74, 6) is 0. The number of carbonyl (C=O) groups is 1. The highest BCUT2D eigenvalue weighted by atomic mass is 16.3. The first-order chi connectivity index (χ1) is 11.0. The first kappa shape index (κ1) is 16.3. The van der Waals surface area contributed by atoms with E-state index in [1.165, 1.54) is 5.56 Å². The number of urea groups is 1. The summed E-state index contributed by atoms with van der Waals surface area (Å²) in [7, 11) is 0. The maximum Gasteiger partial charge on any atom is 0.317 e. The summed E-state index contributed by atoms with van der Waals surface area (Å²) in [5, 5.41) is 13.1. The average molecular weight is 317 g/mol. The van der Waals surface area contributed by atoms with Gasteiger partial charge in [0.15, 0.2) is 0 Å². The van der Waals surface area contributed by atoms with Crippen molar-refractivity contribution < 1.29 is 9.90 Å². The predicted molar refractivity (Wildman–Crippen MR) is 90.1 cm³/mol. The normalized spacial score (nSPS) is 26.4. The number of carbonyl (C=O) groups excluding carboxylic acids is 1. The molecule has 3 rings (SSSR count). The van der Waals surface area contributed by atoms with Gasteiger partial charge >= 0.3 is 6.03 Å². The molecular formula is C18H27N3O2. The summed E-state index contributed by atoms with van der Waals surface area (Å²) in [5.41, 5.74) is 0.616. The topological polar surface area (TPSA) is 55.8 Å². The lowest BCUT2D eigenvalue weighted by Gasteiger charge is -2.33. The van der Waals surface area contributed by atoms with E-state index in [0.717, 1.165) is 32.5 Å². The molecule has 23 heavy (non-hydrogen) atoms. The average Bonchev–Trinajstić information content (AvgIpc) is 2.90. The maximum atomic E-state index is 12.3. The highest BCUT2D eigenvalue weighted by Crippen LogP contribution is 2.21. The van der Waals surface area contributed by atoms with Crippen LogP contribution in [-0.4, -0.2) is 58.8 Å². The molecule has 1 unspecified atom stereocenters. The molecule has 1 aromatic rings. The van der Waals surface area contributed by atoms with E-state index >= 15 is 0 Å². The number of likely N-dealkylation sites (tertiary alicyclic amines) is 2. The van der Waals surface area contributed by atoms with Crippen LogP contribution in [0, 0.1) is 0 Å². The van der Waals surface area contributed by atoms with Crippen molar-refractivity contribution in [3.8, 4) is 0 Å². The van der Waals surface area contributed by atoms with E-state index in [0.29, 0.717) is 19.5 Å². The number of hydrogen-bond acceptors (Lipinski definition) is 3. The van der Waals surface area contributed by atoms with Gasteiger partial charge in [0, 0.05) is 32.2 Å². The zero-order valence-corrected chi connectivity index (χ0v) is 13.9. The van der Waals surface area contributed by atoms with Crippen LogP contribution in [0.4, 0.5) is 4.79 Å². The molecule has 0 aromatic heterocycles. The van der Waals surface area contributed by atoms with Gasteiger partial charge in [-0.2, -0.15) is 0 Å². The number of β-amino-alcohol motifs (C(OH)–C–C–N with tert-alkyl or cyclic N) is 1. The van der Waals surface area contributed by atoms with E-state index in [9.17, 15) is 9.90 Å². The van der Waals surface area contributed by atoms with Crippen LogP contribution in [0.1, 0.15) is 31.7 Å². The van der Waals surface area contributed by atoms with Gasteiger partial charge in [-0.15, -0.1) is 0 Å². The SMILES string of the molecule is CC1(O)CCN(C(=O)NC2CCN(Cc3ccccc3)CC2)C1. The monoisotopic (exact) mass is 317 g/mol. The minimum atomic E-state index is -0.726. The summed E-state index contributed by atoms with van der Waals surface area (Å²) in [6.07, 6.45) is 2.64. The van der Waals surface area contributed by atoms with E-state index in [2.05, 4.69) is 34.5 Å². The number of benzene rings is 1. The van der Waals surface area contributed by atoms with Gasteiger partial charge in [0.1, 0.15) is 0 Å². The van der Waals surface area contributed by atoms with Crippen molar-refractivity contribution in [1.29, 1.82) is 0 Å². The maximum absolute atomic E-state index is 12.3. The standard InChI is InChI=1S/C18H27N3O2/c1-18(23)9-12-21(14-18)17(22)19-16-7-10-20(11-8-16)13-15-5-3-2-4-6-15/h2-6,16,23H,7-14H2,1H3,(H,19,22). The highest BCUT2D eigenvalue weighted by Gasteiger charge is 2.34. The second kappa shape index (κ2) is 6.89. The third kappa shape index (κ3) is 4.45. The Labute approximate surface area is 138 Å². The highest BCUT2D eigenvalue weighted by molar-refractivity contribution is 5.75. The van der Waals surface area contributed by atoms with Gasteiger partial charge in [-0.05, 0) is 31.7 Å². The summed E-state index contributed by atoms with van der Waals surface area (Å²) in [6, 6.07) is 10.7. The van der Waals surface area contributed by atoms with E-state index in [1.54, 1.807) is 11.8 Å². The number of aliphatic hydroxyl groups is 1. The molecule has 2 N–H and O–H groups in total. The van der Waals surface area contributed by atoms with Crippen LogP contribution in [-0.2, 0) is 6.54 Å². The van der Waals surface area contributed by atoms with Gasteiger partial charge in [0.05, 0.1) is 12.1 Å². The molecule has 1 aromatic carbocycles. The third-order valence-corrected chi connectivity index (χ3v) is 4.90. The minimum Gasteiger partial charge on any atom is -0.388 e. The predicted octanol–water partition coefficient (Wildman–Crippen LogP) is 1.82. The van der Waals surface area contributed by atoms with Crippen LogP contribution in [0.15, 0.2) is 30.3 Å². The molecule has 0 saturated carbocycles. The molecule has 0 bridgehead atoms. The molecule has 2 aliphatic rings. The zero-order valence-electron chi connectivity index (χ0n) is 13.9. The molecule has 126 valence electrons. The van der Waals surface area contributed by atoms with E-state index < -0.39 is 5.60 Å². The van der Waals surface area contributed by atoms with Gasteiger partial charge in [0.2, 0.25) is 0 Å². The van der Waals surface area contributed by atoms with Gasteiger partial charge in [0.25, 0.3) is 0 Å². The van der Waals surface area contributed by atoms with Gasteiger partial charge in [-0.3, -0.25) is 4.90 Å². The van der Waals surface area contributed by atoms with E-state index in [4.69, 9.17) is 0 Å². The molecule has 0 spiro atoms. The fourth-order valence-electron chi connectivity index (χ4n) is 3.46. The third-order valence-electron chi connectivity index (χ3n) is 4.90. The lowest BCUT2D eigenvalue weighted by molar-refractivity contribution is 0.0714. The van der Waals surface area contributed by atoms with Crippen molar-refractivity contribution in [2.75, 3.05) is 26.2 Å². The number of nitrogens with one attached hydrogen (secondary N) is 1. The van der Waals surface area contributed by atoms with Crippen LogP contribution >= 0.6 is 0 Å². The number of rotatable bonds is 3. The van der Waals surface area contributed by atoms with Gasteiger partial charge in [-0.25, -0.2) is 4.79 Å². The molecule has 2 saturated heterocycles. The molecule has 2 aliphatic heterocycles. The first-order valence-electron chi connectivity index (χ1n) is 8.56. The number of hydrogen-bond donors (Lipinski definition) is 2. The smallest absolute Gasteiger partial charge is 0.317 e. The summed E-state index contributed by atoms with van der Waals surface area (Å²) >= 11 is 0. The Hall–Kier alpha value is -1.59. The molecular weight excluding hydrogens is 290 g/mol. The summed E-state index contributed by atoms with van der Waals surface area (Å²) in [6.45, 7) is 5.88. The molecule has 1 atom stereocenters. The van der Waals surface area contributed by atoms with Gasteiger partial charge < -0.3 is 15.3 Å². The zero-order chi connectivity index (χ0) is 16.3. The second-order valence-corrected chi connectivity index (χ2v) is 7.15. The Morgan fingerprint density at radius 3 is 2.57 bits per heavy atom. The molecule has 2 amide bonds. The fourth-order valence-corrected chi connectivity index (χ4v) is 3.46. The van der Waals surface area contributed by atoms with Crippen LogP contribution in [0.25, 0.3) is 0 Å². The van der Waals surface area contributed by atoms with Crippen molar-refractivity contribution in [2.24, 2.45) is 0 Å². The van der Waals surface area contributed by atoms with Crippen LogP contribution < -0.4 is 5.32 Å². The number of amides is 2.